The number of hydrogen-bond acceptors (Lipinski definition) is 6. The topological polar surface area (TPSA) is 79.2 Å². The summed E-state index contributed by atoms with van der Waals surface area (Å²) in [5, 5.41) is 18.3. The number of alkyl halides is 8. The molecule has 5 rings (SSSR count). The van der Waals surface area contributed by atoms with Gasteiger partial charge in [-0.1, -0.05) is 80.1 Å². The highest BCUT2D eigenvalue weighted by Gasteiger charge is 2.67. The Labute approximate surface area is 368 Å². The van der Waals surface area contributed by atoms with Crippen LogP contribution in [0.5, 0.6) is 5.75 Å². The van der Waals surface area contributed by atoms with E-state index in [0.717, 1.165) is 73.4 Å². The van der Waals surface area contributed by atoms with E-state index in [1.54, 1.807) is 0 Å². The number of anilines is 3. The Hall–Kier alpha value is -5.73. The lowest BCUT2D eigenvalue weighted by molar-refractivity contribution is -0.244. The molecule has 5 aromatic rings. The van der Waals surface area contributed by atoms with Crippen LogP contribution in [0.2, 0.25) is 0 Å². The molecule has 2 atom stereocenters. The minimum Gasteiger partial charge on any atom is -0.462 e. The molecule has 0 fully saturated rings. The number of aliphatic hydroxyl groups excluding tert-OH is 2. The Morgan fingerprint density at radius 1 is 0.578 bits per heavy atom. The number of aryl methyl sites for hydroxylation is 2. The van der Waals surface area contributed by atoms with Crippen LogP contribution in [0.1, 0.15) is 74.9 Å². The fourth-order valence-electron chi connectivity index (χ4n) is 6.74. The van der Waals surface area contributed by atoms with E-state index in [4.69, 9.17) is 19.7 Å². The van der Waals surface area contributed by atoms with Gasteiger partial charge < -0.3 is 24.6 Å². The molecular formula is C50H53F8NO5. The first kappa shape index (κ1) is 50.9. The van der Waals surface area contributed by atoms with Gasteiger partial charge in [-0.3, -0.25) is 0 Å². The van der Waals surface area contributed by atoms with Gasteiger partial charge >= 0.3 is 18.3 Å². The van der Waals surface area contributed by atoms with Crippen molar-refractivity contribution in [1.82, 2.24) is 0 Å². The number of esters is 1. The number of rotatable bonds is 18. The third-order valence-corrected chi connectivity index (χ3v) is 10.3. The Kier molecular flexibility index (Phi) is 18.1. The highest BCUT2D eigenvalue weighted by molar-refractivity contribution is 5.89. The molecule has 0 spiro atoms. The maximum atomic E-state index is 14.5. The van der Waals surface area contributed by atoms with Crippen molar-refractivity contribution in [3.8, 4) is 16.9 Å². The minimum absolute atomic E-state index is 0.0431. The quantitative estimate of drug-likeness (QED) is 0.0395. The second kappa shape index (κ2) is 22.8. The van der Waals surface area contributed by atoms with Crippen molar-refractivity contribution in [2.45, 2.75) is 89.9 Å². The van der Waals surface area contributed by atoms with Gasteiger partial charge in [0.1, 0.15) is 11.5 Å². The molecule has 2 N–H and O–H groups in total. The van der Waals surface area contributed by atoms with E-state index in [-0.39, 0.29) is 45.0 Å². The molecule has 14 heteroatoms. The first-order valence-electron chi connectivity index (χ1n) is 20.8. The predicted octanol–water partition coefficient (Wildman–Crippen LogP) is 13.6. The number of aliphatic hydroxyl groups is 2. The number of unbranched alkanes of at least 4 members (excludes halogenated alkanes) is 1. The van der Waals surface area contributed by atoms with Crippen molar-refractivity contribution in [2.24, 2.45) is 0 Å². The predicted molar refractivity (Wildman–Crippen MR) is 233 cm³/mol. The van der Waals surface area contributed by atoms with Gasteiger partial charge in [-0.15, -0.1) is 0 Å². The van der Waals surface area contributed by atoms with E-state index >= 15 is 0 Å². The van der Waals surface area contributed by atoms with Gasteiger partial charge in [0.15, 0.2) is 0 Å². The lowest BCUT2D eigenvalue weighted by atomic mass is 9.83. The van der Waals surface area contributed by atoms with Crippen molar-refractivity contribution in [2.75, 3.05) is 24.7 Å². The zero-order chi connectivity index (χ0) is 47.1. The Morgan fingerprint density at radius 3 is 1.41 bits per heavy atom. The van der Waals surface area contributed by atoms with E-state index in [9.17, 15) is 39.9 Å². The Balaban J connectivity index is 0.000000281. The van der Waals surface area contributed by atoms with Crippen LogP contribution in [0.15, 0.2) is 139 Å². The number of benzene rings is 5. The molecular weight excluding hydrogens is 847 g/mol. The normalized spacial score (nSPS) is 13.4. The molecule has 0 aliphatic heterocycles. The van der Waals surface area contributed by atoms with E-state index < -0.39 is 41.0 Å². The highest BCUT2D eigenvalue weighted by Crippen LogP contribution is 2.51. The number of halogens is 8. The number of ether oxygens (including phenoxy) is 2. The zero-order valence-electron chi connectivity index (χ0n) is 36.1. The molecule has 0 bridgehead atoms. The van der Waals surface area contributed by atoms with Crippen molar-refractivity contribution < 1.29 is 59.6 Å². The second-order valence-electron chi connectivity index (χ2n) is 15.3. The van der Waals surface area contributed by atoms with Crippen LogP contribution in [-0.4, -0.2) is 59.7 Å². The average Bonchev–Trinajstić information content (AvgIpc) is 3.26. The summed E-state index contributed by atoms with van der Waals surface area (Å²) >= 11 is 0. The third kappa shape index (κ3) is 13.4. The monoisotopic (exact) mass is 899 g/mol. The standard InChI is InChI=1S/C30H31NO2.C20H22F8O3/c32-22-4-6-24-10-16-28(17-11-24)31(29-18-12-25(13-19-29)7-5-23-33)30-20-14-27(15-21-30)26-8-2-1-3-9-26;1-5-6-11-30-16(29)13-7-9-14(10-8-13)31-12(2)15(17(3,21)19(23,24)25)18(4,22)20(26,27)28/h1-3,8-21,32-33H,4-7,22-23H2;7-10H,5-6,11H2,1-4H3. The number of carbonyl (C=O) groups excluding carboxylic acids is 1. The molecule has 2 unspecified atom stereocenters. The molecule has 0 heterocycles. The van der Waals surface area contributed by atoms with Gasteiger partial charge in [0.25, 0.3) is 0 Å². The molecule has 0 aromatic heterocycles. The Bertz CT molecular complexity index is 2140. The molecule has 5 aromatic carbocycles. The van der Waals surface area contributed by atoms with Crippen molar-refractivity contribution in [3.63, 3.8) is 0 Å². The molecule has 0 radical (unpaired) electrons. The van der Waals surface area contributed by atoms with E-state index in [0.29, 0.717) is 13.3 Å². The van der Waals surface area contributed by atoms with Crippen molar-refractivity contribution in [3.05, 3.63) is 155 Å². The summed E-state index contributed by atoms with van der Waals surface area (Å²) in [4.78, 5) is 14.1. The van der Waals surface area contributed by atoms with Gasteiger partial charge in [0.05, 0.1) is 17.7 Å². The maximum Gasteiger partial charge on any atom is 0.426 e. The third-order valence-electron chi connectivity index (χ3n) is 10.3. The first-order valence-corrected chi connectivity index (χ1v) is 20.8. The van der Waals surface area contributed by atoms with E-state index in [1.807, 2.05) is 13.0 Å². The van der Waals surface area contributed by atoms with Gasteiger partial charge in [-0.05, 0) is 136 Å². The van der Waals surface area contributed by atoms with Crippen molar-refractivity contribution >= 4 is 23.0 Å². The smallest absolute Gasteiger partial charge is 0.426 e. The number of allylic oxidation sites excluding steroid dienone is 2. The largest absolute Gasteiger partial charge is 0.462 e. The zero-order valence-corrected chi connectivity index (χ0v) is 36.1. The summed E-state index contributed by atoms with van der Waals surface area (Å²) in [7, 11) is 0. The average molecular weight is 900 g/mol. The fourth-order valence-corrected chi connectivity index (χ4v) is 6.74. The second-order valence-corrected chi connectivity index (χ2v) is 15.3. The van der Waals surface area contributed by atoms with Crippen LogP contribution in [0, 0.1) is 0 Å². The lowest BCUT2D eigenvalue weighted by Crippen LogP contribution is -2.52. The highest BCUT2D eigenvalue weighted by atomic mass is 19.4. The van der Waals surface area contributed by atoms with Gasteiger partial charge in [-0.25, -0.2) is 13.6 Å². The summed E-state index contributed by atoms with van der Waals surface area (Å²) < 4.78 is 118. The molecule has 64 heavy (non-hydrogen) atoms. The number of nitrogens with zero attached hydrogens (tertiary/aromatic N) is 1. The number of hydrogen-bond donors (Lipinski definition) is 2. The summed E-state index contributed by atoms with van der Waals surface area (Å²) in [6.07, 6.45) is -6.98. The molecule has 6 nitrogen and oxygen atoms in total. The van der Waals surface area contributed by atoms with Gasteiger partial charge in [0.2, 0.25) is 11.3 Å². The maximum absolute atomic E-state index is 14.5. The van der Waals surface area contributed by atoms with Crippen LogP contribution >= 0.6 is 0 Å². The summed E-state index contributed by atoms with van der Waals surface area (Å²) in [5.41, 5.74) is -3.44. The molecule has 0 saturated heterocycles. The summed E-state index contributed by atoms with van der Waals surface area (Å²) in [6.45, 7) is 2.64. The minimum atomic E-state index is -5.85. The fraction of sp³-hybridized carbons (Fsp3) is 0.340. The molecule has 0 aliphatic carbocycles. The number of carbonyl (C=O) groups is 1. The molecule has 344 valence electrons. The van der Waals surface area contributed by atoms with Crippen LogP contribution in [-0.2, 0) is 17.6 Å². The summed E-state index contributed by atoms with van der Waals surface area (Å²) in [6, 6.07) is 40.7. The van der Waals surface area contributed by atoms with Gasteiger partial charge in [-0.2, -0.15) is 26.3 Å². The van der Waals surface area contributed by atoms with Crippen LogP contribution in [0.4, 0.5) is 52.2 Å². The van der Waals surface area contributed by atoms with E-state index in [1.165, 1.54) is 22.3 Å². The van der Waals surface area contributed by atoms with Crippen LogP contribution in [0.25, 0.3) is 11.1 Å². The van der Waals surface area contributed by atoms with Crippen LogP contribution in [0.3, 0.4) is 0 Å². The first-order chi connectivity index (χ1) is 30.2. The van der Waals surface area contributed by atoms with E-state index in [2.05, 4.69) is 102 Å². The SMILES string of the molecule is CCCCOC(=O)c1ccc(OC(C)=C(C(C)(F)C(F)(F)F)C(C)(F)C(F)(F)F)cc1.OCCCc1ccc(N(c2ccc(CCCO)cc2)c2ccc(-c3ccccc3)cc2)cc1. The van der Waals surface area contributed by atoms with Crippen molar-refractivity contribution in [1.29, 1.82) is 0 Å². The Morgan fingerprint density at radius 2 is 1.00 bits per heavy atom. The van der Waals surface area contributed by atoms with Gasteiger partial charge in [0, 0.05) is 30.3 Å². The molecule has 0 saturated carbocycles. The lowest BCUT2D eigenvalue weighted by Gasteiger charge is -2.36. The van der Waals surface area contributed by atoms with Crippen LogP contribution < -0.4 is 9.64 Å². The molecule has 0 aliphatic rings. The summed E-state index contributed by atoms with van der Waals surface area (Å²) in [5.74, 6) is -2.30. The molecule has 0 amide bonds.